The number of hydrogen-bond donors (Lipinski definition) is 0. The lowest BCUT2D eigenvalue weighted by molar-refractivity contribution is 1.12. The highest BCUT2D eigenvalue weighted by Gasteiger charge is 2.17. The minimum Gasteiger partial charge on any atom is -0.0757 e. The molecule has 0 aliphatic heterocycles. The number of benzene rings is 7. The van der Waals surface area contributed by atoms with Gasteiger partial charge in [-0.3, -0.25) is 0 Å². The standard InChI is InChI=1S/C41H30/c1-27-14-16-30(17-15-27)33-22-23-38-39(26-33)41(35-21-19-29-9-3-5-11-32(29)25-35)37-13-7-6-12-36(37)40(38)34-20-18-28-8-2-4-10-31(28)24-34/h2-5,8-26H,6-7H2,1H3. The van der Waals surface area contributed by atoms with Crippen molar-refractivity contribution in [1.82, 2.24) is 0 Å². The maximum Gasteiger partial charge on any atom is -0.00293 e. The molecule has 0 fully saturated rings. The second-order valence-electron chi connectivity index (χ2n) is 11.3. The fourth-order valence-corrected chi connectivity index (χ4v) is 6.65. The first kappa shape index (κ1) is 23.9. The lowest BCUT2D eigenvalue weighted by Gasteiger charge is -2.19. The van der Waals surface area contributed by atoms with Crippen LogP contribution >= 0.6 is 0 Å². The van der Waals surface area contributed by atoms with E-state index in [4.69, 9.17) is 0 Å². The monoisotopic (exact) mass is 522 g/mol. The lowest BCUT2D eigenvalue weighted by atomic mass is 9.84. The molecule has 0 N–H and O–H groups in total. The highest BCUT2D eigenvalue weighted by Crippen LogP contribution is 2.36. The van der Waals surface area contributed by atoms with E-state index in [1.54, 1.807) is 0 Å². The van der Waals surface area contributed by atoms with Gasteiger partial charge in [-0.2, -0.15) is 0 Å². The third kappa shape index (κ3) is 4.07. The molecule has 0 unspecified atom stereocenters. The zero-order chi connectivity index (χ0) is 27.3. The van der Waals surface area contributed by atoms with Crippen LogP contribution in [-0.2, 0) is 0 Å². The van der Waals surface area contributed by atoms with E-state index in [1.807, 2.05) is 0 Å². The van der Waals surface area contributed by atoms with Crippen LogP contribution in [-0.4, -0.2) is 0 Å². The summed E-state index contributed by atoms with van der Waals surface area (Å²) < 4.78 is 0. The molecule has 0 bridgehead atoms. The summed E-state index contributed by atoms with van der Waals surface area (Å²) in [5.41, 5.74) is 9.04. The average molecular weight is 523 g/mol. The molecule has 0 atom stereocenters. The van der Waals surface area contributed by atoms with Crippen LogP contribution in [0.4, 0.5) is 0 Å². The number of hydrogen-bond acceptors (Lipinski definition) is 0. The fourth-order valence-electron chi connectivity index (χ4n) is 6.65. The molecule has 8 rings (SSSR count). The van der Waals surface area contributed by atoms with Crippen molar-refractivity contribution in [3.05, 3.63) is 143 Å². The van der Waals surface area contributed by atoms with Crippen molar-refractivity contribution >= 4 is 44.5 Å². The van der Waals surface area contributed by atoms with Gasteiger partial charge in [0.1, 0.15) is 0 Å². The molecular weight excluding hydrogens is 492 g/mol. The van der Waals surface area contributed by atoms with Crippen LogP contribution in [0, 0.1) is 6.92 Å². The first-order valence-electron chi connectivity index (χ1n) is 14.6. The summed E-state index contributed by atoms with van der Waals surface area (Å²) in [5, 5.41) is 10.5. The second-order valence-corrected chi connectivity index (χ2v) is 11.3. The average Bonchev–Trinajstić information content (AvgIpc) is 3.03. The van der Waals surface area contributed by atoms with E-state index in [1.165, 1.54) is 81.7 Å². The maximum atomic E-state index is 2.47. The van der Waals surface area contributed by atoms with E-state index < -0.39 is 0 Å². The Kier molecular flexibility index (Phi) is 5.60. The van der Waals surface area contributed by atoms with E-state index in [0.29, 0.717) is 0 Å². The predicted molar refractivity (Wildman–Crippen MR) is 177 cm³/mol. The van der Waals surface area contributed by atoms with Gasteiger partial charge in [0.25, 0.3) is 0 Å². The van der Waals surface area contributed by atoms with Gasteiger partial charge in [-0.25, -0.2) is 0 Å². The molecule has 0 heterocycles. The Morgan fingerprint density at radius 1 is 0.390 bits per heavy atom. The third-order valence-electron chi connectivity index (χ3n) is 8.71. The number of aryl methyl sites for hydroxylation is 1. The van der Waals surface area contributed by atoms with E-state index in [0.717, 1.165) is 12.8 Å². The Balaban J connectivity index is 1.50. The molecule has 0 amide bonds. The van der Waals surface area contributed by atoms with Crippen LogP contribution in [0.1, 0.15) is 18.4 Å². The topological polar surface area (TPSA) is 0 Å². The maximum absolute atomic E-state index is 2.47. The van der Waals surface area contributed by atoms with Crippen LogP contribution in [0.5, 0.6) is 0 Å². The first-order chi connectivity index (χ1) is 20.2. The van der Waals surface area contributed by atoms with Crippen molar-refractivity contribution in [2.45, 2.75) is 19.8 Å². The molecule has 0 spiro atoms. The summed E-state index contributed by atoms with van der Waals surface area (Å²) >= 11 is 0. The lowest BCUT2D eigenvalue weighted by Crippen LogP contribution is -2.31. The molecular formula is C41H30. The molecule has 0 heteroatoms. The first-order valence-corrected chi connectivity index (χ1v) is 14.6. The van der Waals surface area contributed by atoms with Crippen LogP contribution in [0.3, 0.4) is 0 Å². The van der Waals surface area contributed by atoms with Gasteiger partial charge in [-0.15, -0.1) is 0 Å². The van der Waals surface area contributed by atoms with Crippen molar-refractivity contribution in [3.8, 4) is 33.4 Å². The van der Waals surface area contributed by atoms with Crippen molar-refractivity contribution in [2.75, 3.05) is 0 Å². The van der Waals surface area contributed by atoms with Gasteiger partial charge in [-0.1, -0.05) is 127 Å². The molecule has 1 aliphatic carbocycles. The van der Waals surface area contributed by atoms with E-state index in [-0.39, 0.29) is 0 Å². The normalized spacial score (nSPS) is 12.7. The van der Waals surface area contributed by atoms with Gasteiger partial charge in [0, 0.05) is 0 Å². The Bertz CT molecular complexity index is 2250. The van der Waals surface area contributed by atoms with Crippen molar-refractivity contribution < 1.29 is 0 Å². The van der Waals surface area contributed by atoms with Crippen molar-refractivity contribution in [3.63, 3.8) is 0 Å². The smallest absolute Gasteiger partial charge is 0.00293 e. The molecule has 7 aromatic carbocycles. The summed E-state index contributed by atoms with van der Waals surface area (Å²) in [5.74, 6) is 0. The SMILES string of the molecule is Cc1ccc(-c2ccc3c(-c4ccc5ccccc5c4)c4c(c(-c5ccc6ccccc6c5)c3c2)=CCCC=4)cc1. The molecule has 194 valence electrons. The highest BCUT2D eigenvalue weighted by atomic mass is 14.2. The summed E-state index contributed by atoms with van der Waals surface area (Å²) in [7, 11) is 0. The van der Waals surface area contributed by atoms with Crippen LogP contribution in [0.2, 0.25) is 0 Å². The molecule has 0 saturated heterocycles. The molecule has 1 aliphatic rings. The van der Waals surface area contributed by atoms with Gasteiger partial charge in [0.2, 0.25) is 0 Å². The number of rotatable bonds is 3. The van der Waals surface area contributed by atoms with Gasteiger partial charge < -0.3 is 0 Å². The fraction of sp³-hybridized carbons (Fsp3) is 0.0732. The third-order valence-corrected chi connectivity index (χ3v) is 8.71. The zero-order valence-electron chi connectivity index (χ0n) is 23.2. The van der Waals surface area contributed by atoms with Gasteiger partial charge in [-0.05, 0) is 114 Å². The summed E-state index contributed by atoms with van der Waals surface area (Å²) in [4.78, 5) is 0. The van der Waals surface area contributed by atoms with E-state index in [2.05, 4.69) is 146 Å². The second kappa shape index (κ2) is 9.61. The summed E-state index contributed by atoms with van der Waals surface area (Å²) in [6.45, 7) is 2.15. The Morgan fingerprint density at radius 2 is 0.878 bits per heavy atom. The Labute approximate surface area is 240 Å². The van der Waals surface area contributed by atoms with Crippen molar-refractivity contribution in [2.24, 2.45) is 0 Å². The molecule has 0 saturated carbocycles. The highest BCUT2D eigenvalue weighted by molar-refractivity contribution is 6.09. The number of fused-ring (bicyclic) bond motifs is 4. The van der Waals surface area contributed by atoms with E-state index >= 15 is 0 Å². The molecule has 0 aromatic heterocycles. The molecule has 7 aromatic rings. The molecule has 0 radical (unpaired) electrons. The predicted octanol–water partition coefficient (Wildman–Crippen LogP) is 9.81. The van der Waals surface area contributed by atoms with Gasteiger partial charge >= 0.3 is 0 Å². The quantitative estimate of drug-likeness (QED) is 0.217. The molecule has 41 heavy (non-hydrogen) atoms. The minimum absolute atomic E-state index is 1.06. The van der Waals surface area contributed by atoms with Gasteiger partial charge in [0.05, 0.1) is 0 Å². The van der Waals surface area contributed by atoms with Crippen LogP contribution in [0.25, 0.3) is 77.9 Å². The van der Waals surface area contributed by atoms with Crippen LogP contribution < -0.4 is 10.4 Å². The summed E-state index contributed by atoms with van der Waals surface area (Å²) in [6.07, 6.45) is 7.08. The summed E-state index contributed by atoms with van der Waals surface area (Å²) in [6, 6.07) is 47.3. The molecule has 0 nitrogen and oxygen atoms in total. The van der Waals surface area contributed by atoms with Crippen LogP contribution in [0.15, 0.2) is 127 Å². The largest absolute Gasteiger partial charge is 0.0757 e. The van der Waals surface area contributed by atoms with E-state index in [9.17, 15) is 0 Å². The Morgan fingerprint density at radius 3 is 1.46 bits per heavy atom. The zero-order valence-corrected chi connectivity index (χ0v) is 23.2. The van der Waals surface area contributed by atoms with Gasteiger partial charge in [0.15, 0.2) is 0 Å². The Hall–Kier alpha value is -4.94. The minimum atomic E-state index is 1.06. The van der Waals surface area contributed by atoms with Crippen molar-refractivity contribution in [1.29, 1.82) is 0 Å².